The summed E-state index contributed by atoms with van der Waals surface area (Å²) in [5.41, 5.74) is 0. The minimum absolute atomic E-state index is 0.568. The molecule has 0 atom stereocenters. The molecule has 2 rings (SSSR count). The third-order valence-corrected chi connectivity index (χ3v) is 2.24. The van der Waals surface area contributed by atoms with Gasteiger partial charge in [-0.3, -0.25) is 5.10 Å². The summed E-state index contributed by atoms with van der Waals surface area (Å²) < 4.78 is 5.26. The van der Waals surface area contributed by atoms with Gasteiger partial charge in [0.05, 0.1) is 6.54 Å². The normalized spacial score (nSPS) is 19.1. The van der Waals surface area contributed by atoms with Crippen LogP contribution in [0.1, 0.15) is 18.7 Å². The Morgan fingerprint density at radius 2 is 2.38 bits per heavy atom. The van der Waals surface area contributed by atoms with Crippen LogP contribution in [0.25, 0.3) is 0 Å². The van der Waals surface area contributed by atoms with Gasteiger partial charge in [0.2, 0.25) is 0 Å². The van der Waals surface area contributed by atoms with Crippen LogP contribution in [-0.4, -0.2) is 34.4 Å². The van der Waals surface area contributed by atoms with Crippen molar-refractivity contribution >= 4 is 0 Å². The van der Waals surface area contributed by atoms with Crippen molar-refractivity contribution < 1.29 is 4.74 Å². The molecule has 2 N–H and O–H groups in total. The average molecular weight is 182 g/mol. The van der Waals surface area contributed by atoms with Crippen molar-refractivity contribution in [2.45, 2.75) is 25.4 Å². The van der Waals surface area contributed by atoms with E-state index in [9.17, 15) is 0 Å². The summed E-state index contributed by atoms with van der Waals surface area (Å²) in [5, 5.41) is 10.0. The summed E-state index contributed by atoms with van der Waals surface area (Å²) in [6.45, 7) is 2.51. The highest BCUT2D eigenvalue weighted by atomic mass is 16.5. The number of H-pyrrole nitrogens is 1. The summed E-state index contributed by atoms with van der Waals surface area (Å²) in [5.74, 6) is 0.895. The second-order valence-electron chi connectivity index (χ2n) is 3.20. The first-order valence-corrected chi connectivity index (χ1v) is 4.60. The molecule has 13 heavy (non-hydrogen) atoms. The molecule has 0 unspecified atom stereocenters. The van der Waals surface area contributed by atoms with Crippen molar-refractivity contribution in [1.82, 2.24) is 20.5 Å². The molecule has 72 valence electrons. The van der Waals surface area contributed by atoms with Gasteiger partial charge in [-0.15, -0.1) is 0 Å². The molecule has 1 aromatic rings. The maximum absolute atomic E-state index is 5.26. The van der Waals surface area contributed by atoms with E-state index in [2.05, 4.69) is 20.5 Å². The Hall–Kier alpha value is -0.940. The van der Waals surface area contributed by atoms with E-state index < -0.39 is 0 Å². The number of aromatic nitrogens is 3. The molecule has 1 fully saturated rings. The van der Waals surface area contributed by atoms with Gasteiger partial charge in [0.1, 0.15) is 12.2 Å². The molecule has 1 aromatic heterocycles. The van der Waals surface area contributed by atoms with E-state index in [1.165, 1.54) is 6.33 Å². The monoisotopic (exact) mass is 182 g/mol. The van der Waals surface area contributed by atoms with Gasteiger partial charge in [0.25, 0.3) is 0 Å². The molecule has 0 spiro atoms. The SMILES string of the molecule is c1n[nH]c(CNC2CCOCC2)n1. The Kier molecular flexibility index (Phi) is 2.89. The minimum atomic E-state index is 0.568. The van der Waals surface area contributed by atoms with Gasteiger partial charge >= 0.3 is 0 Å². The van der Waals surface area contributed by atoms with Crippen LogP contribution in [-0.2, 0) is 11.3 Å². The largest absolute Gasteiger partial charge is 0.381 e. The number of ether oxygens (including phenoxy) is 1. The molecule has 1 saturated heterocycles. The molecular formula is C8H14N4O. The van der Waals surface area contributed by atoms with Gasteiger partial charge in [-0.25, -0.2) is 4.98 Å². The lowest BCUT2D eigenvalue weighted by Gasteiger charge is -2.22. The van der Waals surface area contributed by atoms with Crippen molar-refractivity contribution in [3.8, 4) is 0 Å². The van der Waals surface area contributed by atoms with E-state index in [0.717, 1.165) is 38.4 Å². The topological polar surface area (TPSA) is 62.8 Å². The number of rotatable bonds is 3. The van der Waals surface area contributed by atoms with Crippen molar-refractivity contribution in [2.75, 3.05) is 13.2 Å². The Morgan fingerprint density at radius 3 is 3.08 bits per heavy atom. The fraction of sp³-hybridized carbons (Fsp3) is 0.750. The van der Waals surface area contributed by atoms with Crippen LogP contribution in [0.5, 0.6) is 0 Å². The molecule has 5 heteroatoms. The summed E-state index contributed by atoms with van der Waals surface area (Å²) in [6, 6.07) is 0.568. The first-order valence-electron chi connectivity index (χ1n) is 4.60. The van der Waals surface area contributed by atoms with Crippen LogP contribution in [0.15, 0.2) is 6.33 Å². The quantitative estimate of drug-likeness (QED) is 0.694. The van der Waals surface area contributed by atoms with Crippen molar-refractivity contribution in [3.63, 3.8) is 0 Å². The number of nitrogens with zero attached hydrogens (tertiary/aromatic N) is 2. The van der Waals surface area contributed by atoms with E-state index in [4.69, 9.17) is 4.74 Å². The fourth-order valence-corrected chi connectivity index (χ4v) is 1.46. The van der Waals surface area contributed by atoms with Crippen molar-refractivity contribution in [2.24, 2.45) is 0 Å². The highest BCUT2D eigenvalue weighted by Crippen LogP contribution is 2.06. The molecule has 1 aliphatic rings. The van der Waals surface area contributed by atoms with E-state index >= 15 is 0 Å². The molecule has 5 nitrogen and oxygen atoms in total. The van der Waals surface area contributed by atoms with Gasteiger partial charge in [-0.1, -0.05) is 0 Å². The molecule has 0 amide bonds. The van der Waals surface area contributed by atoms with Crippen LogP contribution in [0.4, 0.5) is 0 Å². The minimum Gasteiger partial charge on any atom is -0.381 e. The molecular weight excluding hydrogens is 168 g/mol. The van der Waals surface area contributed by atoms with Gasteiger partial charge in [-0.05, 0) is 12.8 Å². The van der Waals surface area contributed by atoms with Crippen LogP contribution < -0.4 is 5.32 Å². The number of hydrogen-bond donors (Lipinski definition) is 2. The Balaban J connectivity index is 1.72. The number of nitrogens with one attached hydrogen (secondary N) is 2. The highest BCUT2D eigenvalue weighted by molar-refractivity contribution is 4.81. The van der Waals surface area contributed by atoms with Crippen LogP contribution in [0, 0.1) is 0 Å². The molecule has 0 radical (unpaired) electrons. The standard InChI is InChI=1S/C8H14N4O/c1-3-13-4-2-7(1)9-5-8-10-6-11-12-8/h6-7,9H,1-5H2,(H,10,11,12). The maximum Gasteiger partial charge on any atom is 0.138 e. The van der Waals surface area contributed by atoms with Crippen LogP contribution in [0.3, 0.4) is 0 Å². The Bertz CT molecular complexity index is 230. The lowest BCUT2D eigenvalue weighted by atomic mass is 10.1. The van der Waals surface area contributed by atoms with Gasteiger partial charge in [0.15, 0.2) is 0 Å². The molecule has 1 aliphatic heterocycles. The molecule has 0 aliphatic carbocycles. The summed E-state index contributed by atoms with van der Waals surface area (Å²) in [7, 11) is 0. The summed E-state index contributed by atoms with van der Waals surface area (Å²) in [6.07, 6.45) is 3.71. The average Bonchev–Trinajstić information content (AvgIpc) is 2.69. The lowest BCUT2D eigenvalue weighted by Crippen LogP contribution is -2.34. The smallest absolute Gasteiger partial charge is 0.138 e. The Labute approximate surface area is 76.9 Å². The third-order valence-electron chi connectivity index (χ3n) is 2.24. The van der Waals surface area contributed by atoms with E-state index in [0.29, 0.717) is 6.04 Å². The maximum atomic E-state index is 5.26. The second kappa shape index (κ2) is 4.34. The van der Waals surface area contributed by atoms with Gasteiger partial charge in [-0.2, -0.15) is 5.10 Å². The zero-order valence-electron chi connectivity index (χ0n) is 7.49. The van der Waals surface area contributed by atoms with Crippen LogP contribution in [0.2, 0.25) is 0 Å². The molecule has 0 saturated carbocycles. The zero-order valence-corrected chi connectivity index (χ0v) is 7.49. The fourth-order valence-electron chi connectivity index (χ4n) is 1.46. The lowest BCUT2D eigenvalue weighted by molar-refractivity contribution is 0.0774. The summed E-state index contributed by atoms with van der Waals surface area (Å²) in [4.78, 5) is 4.04. The number of hydrogen-bond acceptors (Lipinski definition) is 4. The first kappa shape index (κ1) is 8.65. The highest BCUT2D eigenvalue weighted by Gasteiger charge is 2.12. The van der Waals surface area contributed by atoms with Gasteiger partial charge < -0.3 is 10.1 Å². The van der Waals surface area contributed by atoms with Crippen molar-refractivity contribution in [3.05, 3.63) is 12.2 Å². The molecule has 2 heterocycles. The Morgan fingerprint density at radius 1 is 1.54 bits per heavy atom. The van der Waals surface area contributed by atoms with E-state index in [-0.39, 0.29) is 0 Å². The molecule has 0 aromatic carbocycles. The predicted molar refractivity (Wildman–Crippen MR) is 47.1 cm³/mol. The van der Waals surface area contributed by atoms with Crippen LogP contribution >= 0.6 is 0 Å². The van der Waals surface area contributed by atoms with Crippen molar-refractivity contribution in [1.29, 1.82) is 0 Å². The third kappa shape index (κ3) is 2.50. The predicted octanol–water partition coefficient (Wildman–Crippen LogP) is 0.0733. The van der Waals surface area contributed by atoms with E-state index in [1.807, 2.05) is 0 Å². The van der Waals surface area contributed by atoms with Gasteiger partial charge in [0, 0.05) is 19.3 Å². The van der Waals surface area contributed by atoms with E-state index in [1.54, 1.807) is 0 Å². The number of aromatic amines is 1. The first-order chi connectivity index (χ1) is 6.45. The second-order valence-corrected chi connectivity index (χ2v) is 3.20. The molecule has 0 bridgehead atoms. The summed E-state index contributed by atoms with van der Waals surface area (Å²) >= 11 is 0. The zero-order chi connectivity index (χ0) is 8.93.